The van der Waals surface area contributed by atoms with Crippen LogP contribution in [0.25, 0.3) is 22.1 Å². The zero-order valence-electron chi connectivity index (χ0n) is 23.8. The van der Waals surface area contributed by atoms with E-state index >= 15 is 0 Å². The highest BCUT2D eigenvalue weighted by molar-refractivity contribution is 6.06. The number of aryl methyl sites for hydroxylation is 1. The van der Waals surface area contributed by atoms with Gasteiger partial charge in [-0.1, -0.05) is 36.4 Å². The van der Waals surface area contributed by atoms with Crippen LogP contribution in [0.15, 0.2) is 89.5 Å². The molecule has 2 N–H and O–H groups in total. The van der Waals surface area contributed by atoms with E-state index in [1.54, 1.807) is 36.4 Å². The number of urea groups is 1. The number of fused-ring (bicyclic) bond motifs is 1. The third-order valence-electron chi connectivity index (χ3n) is 7.57. The Balaban J connectivity index is 1.09. The molecule has 3 aromatic carbocycles. The highest BCUT2D eigenvalue weighted by atomic mass is 19.1. The number of aromatic nitrogens is 1. The van der Waals surface area contributed by atoms with Gasteiger partial charge in [-0.05, 0) is 55.0 Å². The molecule has 6 rings (SSSR count). The van der Waals surface area contributed by atoms with E-state index in [1.807, 2.05) is 55.5 Å². The van der Waals surface area contributed by atoms with Gasteiger partial charge in [0.1, 0.15) is 23.0 Å². The van der Waals surface area contributed by atoms with Gasteiger partial charge in [-0.25, -0.2) is 14.2 Å². The van der Waals surface area contributed by atoms with Gasteiger partial charge in [-0.3, -0.25) is 4.79 Å². The summed E-state index contributed by atoms with van der Waals surface area (Å²) in [6.07, 6.45) is 1.60. The number of nitrogens with zero attached hydrogens (tertiary/aromatic N) is 3. The Labute approximate surface area is 247 Å². The number of para-hydroxylation sites is 2. The average Bonchev–Trinajstić information content (AvgIpc) is 3.38. The molecule has 43 heavy (non-hydrogen) atoms. The number of hydrogen-bond donors (Lipinski definition) is 2. The number of halogens is 1. The number of amides is 3. The number of ether oxygens (including phenoxy) is 1. The number of methoxy groups -OCH3 is 1. The van der Waals surface area contributed by atoms with E-state index in [-0.39, 0.29) is 23.4 Å². The van der Waals surface area contributed by atoms with Crippen LogP contribution < -0.4 is 20.3 Å². The molecule has 0 saturated carbocycles. The normalized spacial score (nSPS) is 13.2. The molecule has 3 amide bonds. The van der Waals surface area contributed by atoms with Gasteiger partial charge in [0.05, 0.1) is 24.7 Å². The van der Waals surface area contributed by atoms with Crippen LogP contribution in [0.3, 0.4) is 0 Å². The van der Waals surface area contributed by atoms with Gasteiger partial charge in [-0.2, -0.15) is 0 Å². The molecule has 10 heteroatoms. The lowest BCUT2D eigenvalue weighted by molar-refractivity contribution is 0.0998. The number of anilines is 3. The second kappa shape index (κ2) is 11.8. The fourth-order valence-corrected chi connectivity index (χ4v) is 5.22. The maximum absolute atomic E-state index is 13.9. The van der Waals surface area contributed by atoms with Gasteiger partial charge >= 0.3 is 6.03 Å². The van der Waals surface area contributed by atoms with Crippen LogP contribution in [-0.2, 0) is 0 Å². The maximum Gasteiger partial charge on any atom is 0.322 e. The van der Waals surface area contributed by atoms with Crippen LogP contribution in [-0.4, -0.2) is 55.1 Å². The van der Waals surface area contributed by atoms with E-state index in [9.17, 15) is 14.0 Å². The Kier molecular flexibility index (Phi) is 7.65. The molecule has 5 aromatic rings. The molecule has 0 radical (unpaired) electrons. The quantitative estimate of drug-likeness (QED) is 0.236. The number of benzene rings is 3. The van der Waals surface area contributed by atoms with Crippen molar-refractivity contribution in [1.29, 1.82) is 0 Å². The Bertz CT molecular complexity index is 1800. The largest absolute Gasteiger partial charge is 0.496 e. The molecule has 218 valence electrons. The van der Waals surface area contributed by atoms with Crippen LogP contribution >= 0.6 is 0 Å². The molecule has 0 unspecified atom stereocenters. The molecular weight excluding hydrogens is 549 g/mol. The molecule has 0 atom stereocenters. The van der Waals surface area contributed by atoms with Gasteiger partial charge < -0.3 is 29.6 Å². The van der Waals surface area contributed by atoms with Crippen molar-refractivity contribution >= 4 is 40.1 Å². The first kappa shape index (κ1) is 27.8. The Morgan fingerprint density at radius 1 is 0.930 bits per heavy atom. The summed E-state index contributed by atoms with van der Waals surface area (Å²) in [7, 11) is 1.64. The van der Waals surface area contributed by atoms with E-state index in [1.165, 1.54) is 12.1 Å². The van der Waals surface area contributed by atoms with Crippen LogP contribution in [0, 0.1) is 12.7 Å². The first-order valence-corrected chi connectivity index (χ1v) is 13.9. The number of pyridine rings is 1. The molecule has 2 aromatic heterocycles. The fourth-order valence-electron chi connectivity index (χ4n) is 5.22. The first-order valence-electron chi connectivity index (χ1n) is 13.9. The second-order valence-corrected chi connectivity index (χ2v) is 10.2. The molecule has 3 heterocycles. The Morgan fingerprint density at radius 3 is 2.44 bits per heavy atom. The van der Waals surface area contributed by atoms with Gasteiger partial charge in [0.25, 0.3) is 5.91 Å². The molecule has 1 aliphatic rings. The number of nitrogens with one attached hydrogen (secondary N) is 2. The van der Waals surface area contributed by atoms with Gasteiger partial charge in [-0.15, -0.1) is 0 Å². The van der Waals surface area contributed by atoms with Crippen molar-refractivity contribution in [2.45, 2.75) is 6.92 Å². The summed E-state index contributed by atoms with van der Waals surface area (Å²) in [4.78, 5) is 34.0. The molecule has 0 bridgehead atoms. The van der Waals surface area contributed by atoms with E-state index in [0.717, 1.165) is 33.6 Å². The van der Waals surface area contributed by atoms with Crippen LogP contribution in [0.4, 0.5) is 26.4 Å². The van der Waals surface area contributed by atoms with Crippen molar-refractivity contribution in [1.82, 2.24) is 9.88 Å². The van der Waals surface area contributed by atoms with Crippen molar-refractivity contribution in [2.24, 2.45) is 0 Å². The zero-order chi connectivity index (χ0) is 29.9. The van der Waals surface area contributed by atoms with Crippen LogP contribution in [0.1, 0.15) is 16.1 Å². The summed E-state index contributed by atoms with van der Waals surface area (Å²) < 4.78 is 25.3. The molecule has 0 spiro atoms. The Hall–Kier alpha value is -5.38. The lowest BCUT2D eigenvalue weighted by atomic mass is 10.0. The number of carbonyl (C=O) groups is 2. The van der Waals surface area contributed by atoms with Gasteiger partial charge in [0.2, 0.25) is 0 Å². The predicted octanol–water partition coefficient (Wildman–Crippen LogP) is 6.56. The third kappa shape index (κ3) is 5.72. The number of hydrogen-bond acceptors (Lipinski definition) is 6. The summed E-state index contributed by atoms with van der Waals surface area (Å²) in [6, 6.07) is 23.0. The smallest absolute Gasteiger partial charge is 0.322 e. The van der Waals surface area contributed by atoms with E-state index < -0.39 is 5.82 Å². The fraction of sp³-hybridized carbons (Fsp3) is 0.182. The molecule has 1 saturated heterocycles. The summed E-state index contributed by atoms with van der Waals surface area (Å²) in [5, 5.41) is 6.36. The van der Waals surface area contributed by atoms with E-state index in [4.69, 9.17) is 9.15 Å². The minimum Gasteiger partial charge on any atom is -0.496 e. The van der Waals surface area contributed by atoms with Crippen molar-refractivity contribution < 1.29 is 23.1 Å². The highest BCUT2D eigenvalue weighted by Gasteiger charge is 2.23. The van der Waals surface area contributed by atoms with Crippen molar-refractivity contribution in [2.75, 3.05) is 48.8 Å². The highest BCUT2D eigenvalue weighted by Crippen LogP contribution is 2.34. The summed E-state index contributed by atoms with van der Waals surface area (Å²) in [6.45, 7) is 3.93. The molecule has 1 aliphatic heterocycles. The third-order valence-corrected chi connectivity index (χ3v) is 7.57. The molecule has 1 fully saturated rings. The minimum absolute atomic E-state index is 0.157. The average molecular weight is 580 g/mol. The lowest BCUT2D eigenvalue weighted by Crippen LogP contribution is -2.50. The molecule has 0 aliphatic carbocycles. The van der Waals surface area contributed by atoms with Gasteiger partial charge in [0.15, 0.2) is 5.76 Å². The minimum atomic E-state index is -0.473. The predicted molar refractivity (Wildman–Crippen MR) is 164 cm³/mol. The van der Waals surface area contributed by atoms with Crippen LogP contribution in [0.5, 0.6) is 5.75 Å². The summed E-state index contributed by atoms with van der Waals surface area (Å²) in [5.41, 5.74) is 3.97. The zero-order valence-corrected chi connectivity index (χ0v) is 23.8. The van der Waals surface area contributed by atoms with Crippen molar-refractivity contribution in [3.63, 3.8) is 0 Å². The van der Waals surface area contributed by atoms with Crippen molar-refractivity contribution in [3.8, 4) is 16.9 Å². The molecular formula is C33H30FN5O4. The van der Waals surface area contributed by atoms with Gasteiger partial charge in [0, 0.05) is 42.7 Å². The maximum atomic E-state index is 13.9. The Morgan fingerprint density at radius 2 is 1.70 bits per heavy atom. The topological polar surface area (TPSA) is 99.9 Å². The number of piperazine rings is 1. The standard InChI is InChI=1S/C33H30FN5O4/c1-21-25-19-22(24-7-3-6-10-28(24)42-2)11-13-29(25)43-31(21)32(40)36-23-12-14-30(35-20-23)38-15-17-39(18-16-38)33(41)37-27-9-5-4-8-26(27)34/h3-14,19-20H,15-18H2,1-2H3,(H,36,40)(H,37,41). The lowest BCUT2D eigenvalue weighted by Gasteiger charge is -2.35. The number of carbonyl (C=O) groups excluding carboxylic acids is 2. The molecule has 9 nitrogen and oxygen atoms in total. The van der Waals surface area contributed by atoms with Crippen LogP contribution in [0.2, 0.25) is 0 Å². The van der Waals surface area contributed by atoms with E-state index in [2.05, 4.69) is 20.5 Å². The first-order chi connectivity index (χ1) is 20.9. The summed E-state index contributed by atoms with van der Waals surface area (Å²) in [5.74, 6) is 0.900. The number of rotatable bonds is 6. The van der Waals surface area contributed by atoms with Crippen molar-refractivity contribution in [3.05, 3.63) is 102 Å². The number of furan rings is 1. The summed E-state index contributed by atoms with van der Waals surface area (Å²) >= 11 is 0. The second-order valence-electron chi connectivity index (χ2n) is 10.2. The monoisotopic (exact) mass is 579 g/mol. The SMILES string of the molecule is COc1ccccc1-c1ccc2oc(C(=O)Nc3ccc(N4CCN(C(=O)Nc5ccccc5F)CC4)nc3)c(C)c2c1. The van der Waals surface area contributed by atoms with E-state index in [0.29, 0.717) is 37.4 Å².